The van der Waals surface area contributed by atoms with Gasteiger partial charge in [-0.05, 0) is 55.0 Å². The molecule has 0 N–H and O–H groups in total. The van der Waals surface area contributed by atoms with Gasteiger partial charge < -0.3 is 4.74 Å². The number of Topliss-reactive ketones (excluding diaryl/α,β-unsaturated/α-hetero) is 1. The predicted octanol–water partition coefficient (Wildman–Crippen LogP) is 6.14. The Labute approximate surface area is 182 Å². The van der Waals surface area contributed by atoms with E-state index in [1.165, 1.54) is 6.42 Å². The molecule has 1 aliphatic carbocycles. The molecule has 0 bridgehead atoms. The lowest BCUT2D eigenvalue weighted by atomic mass is 9.76. The lowest BCUT2D eigenvalue weighted by molar-refractivity contribution is -0.143. The molecule has 4 heteroatoms. The van der Waals surface area contributed by atoms with E-state index in [0.717, 1.165) is 46.6 Å². The Bertz CT molecular complexity index is 935. The van der Waals surface area contributed by atoms with Crippen molar-refractivity contribution in [1.82, 2.24) is 0 Å². The van der Waals surface area contributed by atoms with Crippen LogP contribution < -0.4 is 0 Å². The lowest BCUT2D eigenvalue weighted by Crippen LogP contribution is -2.27. The fraction of sp³-hybridized carbons (Fsp3) is 0.385. The lowest BCUT2D eigenvalue weighted by Gasteiger charge is -2.28. The van der Waals surface area contributed by atoms with Crippen molar-refractivity contribution in [3.63, 3.8) is 0 Å². The van der Waals surface area contributed by atoms with Crippen molar-refractivity contribution in [2.75, 3.05) is 12.4 Å². The third-order valence-electron chi connectivity index (χ3n) is 6.26. The summed E-state index contributed by atoms with van der Waals surface area (Å²) in [5.74, 6) is 1.36. The molecule has 0 aromatic heterocycles. The maximum atomic E-state index is 13.1. The molecule has 156 valence electrons. The molecule has 0 amide bonds. The van der Waals surface area contributed by atoms with Gasteiger partial charge in [0.2, 0.25) is 0 Å². The van der Waals surface area contributed by atoms with Crippen LogP contribution in [0, 0.1) is 11.8 Å². The fourth-order valence-corrected chi connectivity index (χ4v) is 5.76. The molecule has 0 radical (unpaired) electrons. The van der Waals surface area contributed by atoms with E-state index in [1.807, 2.05) is 67.6 Å². The summed E-state index contributed by atoms with van der Waals surface area (Å²) in [6.45, 7) is 2.12. The van der Waals surface area contributed by atoms with E-state index in [2.05, 4.69) is 0 Å². The van der Waals surface area contributed by atoms with Crippen LogP contribution in [0.15, 0.2) is 59.5 Å². The number of ketones is 1. The molecule has 0 spiro atoms. The average Bonchev–Trinajstić information content (AvgIpc) is 2.93. The Hall–Kier alpha value is -2.33. The van der Waals surface area contributed by atoms with Crippen molar-refractivity contribution >= 4 is 29.6 Å². The van der Waals surface area contributed by atoms with Gasteiger partial charge >= 0.3 is 5.97 Å². The van der Waals surface area contributed by atoms with Crippen molar-refractivity contribution < 1.29 is 14.3 Å². The molecule has 4 rings (SSSR count). The molecular weight excluding hydrogens is 392 g/mol. The van der Waals surface area contributed by atoms with Gasteiger partial charge in [0.1, 0.15) is 6.61 Å². The van der Waals surface area contributed by atoms with Crippen molar-refractivity contribution in [2.24, 2.45) is 11.8 Å². The third kappa shape index (κ3) is 4.70. The summed E-state index contributed by atoms with van der Waals surface area (Å²) in [6.07, 6.45) is 8.37. The normalized spacial score (nSPS) is 22.1. The monoisotopic (exact) mass is 420 g/mol. The van der Waals surface area contributed by atoms with Gasteiger partial charge in [0.25, 0.3) is 0 Å². The molecule has 1 unspecified atom stereocenters. The second kappa shape index (κ2) is 9.65. The molecule has 1 fully saturated rings. The number of hydrogen-bond donors (Lipinski definition) is 0. The highest BCUT2D eigenvalue weighted by atomic mass is 32.2. The number of fused-ring (bicyclic) bond motifs is 2. The van der Waals surface area contributed by atoms with Crippen molar-refractivity contribution in [1.29, 1.82) is 0 Å². The minimum atomic E-state index is -0.360. The van der Waals surface area contributed by atoms with Gasteiger partial charge in [-0.25, -0.2) is 0 Å². The maximum absolute atomic E-state index is 13.1. The van der Waals surface area contributed by atoms with E-state index >= 15 is 0 Å². The molecular formula is C26H28O3S. The van der Waals surface area contributed by atoms with Gasteiger partial charge in [0, 0.05) is 22.1 Å². The maximum Gasteiger partial charge on any atom is 0.313 e. The average molecular weight is 421 g/mol. The number of carbonyl (C=O) groups excluding carboxylic acids is 2. The van der Waals surface area contributed by atoms with Gasteiger partial charge in [0.15, 0.2) is 5.78 Å². The quantitative estimate of drug-likeness (QED) is 0.545. The molecule has 2 aromatic rings. The van der Waals surface area contributed by atoms with Crippen LogP contribution >= 0.6 is 11.8 Å². The highest BCUT2D eigenvalue weighted by molar-refractivity contribution is 7.99. The minimum Gasteiger partial charge on any atom is -0.461 e. The molecule has 3 atom stereocenters. The Morgan fingerprint density at radius 1 is 1.17 bits per heavy atom. The Kier molecular flexibility index (Phi) is 6.73. The summed E-state index contributed by atoms with van der Waals surface area (Å²) in [4.78, 5) is 26.6. The molecule has 3 nitrogen and oxygen atoms in total. The number of ether oxygens (including phenoxy) is 1. The Morgan fingerprint density at radius 3 is 2.80 bits per heavy atom. The SMILES string of the molecule is CC(C(=O)OC/C=C/c1ccccc1)c1ccc2c(c1)SC[C@H]1CCCC[C@@H]1C2=O. The van der Waals surface area contributed by atoms with E-state index in [9.17, 15) is 9.59 Å². The molecule has 2 aliphatic rings. The number of esters is 1. The van der Waals surface area contributed by atoms with Crippen LogP contribution in [0.4, 0.5) is 0 Å². The third-order valence-corrected chi connectivity index (χ3v) is 7.50. The van der Waals surface area contributed by atoms with Gasteiger partial charge in [-0.3, -0.25) is 9.59 Å². The standard InChI is InChI=1S/C26H28O3S/c1-18(26(28)29-15-7-10-19-8-3-2-4-9-19)20-13-14-23-24(16-20)30-17-21-11-5-6-12-22(21)25(23)27/h2-4,7-10,13-14,16,18,21-22H,5-6,11-12,15,17H2,1H3/b10-7+/t18?,21-,22+/m1/s1. The van der Waals surface area contributed by atoms with E-state index in [4.69, 9.17) is 4.74 Å². The summed E-state index contributed by atoms with van der Waals surface area (Å²) in [5, 5.41) is 0. The summed E-state index contributed by atoms with van der Waals surface area (Å²) in [5.41, 5.74) is 2.83. The molecule has 1 aliphatic heterocycles. The van der Waals surface area contributed by atoms with Crippen molar-refractivity contribution in [3.05, 3.63) is 71.3 Å². The van der Waals surface area contributed by atoms with Crippen LogP contribution in [0.5, 0.6) is 0 Å². The van der Waals surface area contributed by atoms with Crippen molar-refractivity contribution in [3.8, 4) is 0 Å². The van der Waals surface area contributed by atoms with E-state index < -0.39 is 0 Å². The van der Waals surface area contributed by atoms with Crippen LogP contribution in [0.2, 0.25) is 0 Å². The number of rotatable bonds is 5. The first-order valence-electron chi connectivity index (χ1n) is 10.8. The predicted molar refractivity (Wildman–Crippen MR) is 122 cm³/mol. The summed E-state index contributed by atoms with van der Waals surface area (Å²) in [7, 11) is 0. The highest BCUT2D eigenvalue weighted by Crippen LogP contribution is 2.42. The van der Waals surface area contributed by atoms with Gasteiger partial charge in [-0.15, -0.1) is 11.8 Å². The second-order valence-corrected chi connectivity index (χ2v) is 9.31. The number of benzene rings is 2. The van der Waals surface area contributed by atoms with Gasteiger partial charge in [-0.2, -0.15) is 0 Å². The molecule has 2 aromatic carbocycles. The molecule has 1 saturated carbocycles. The summed E-state index contributed by atoms with van der Waals surface area (Å²) < 4.78 is 5.45. The van der Waals surface area contributed by atoms with Crippen LogP contribution in [0.25, 0.3) is 6.08 Å². The minimum absolute atomic E-state index is 0.178. The topological polar surface area (TPSA) is 43.4 Å². The van der Waals surface area contributed by atoms with E-state index in [-0.39, 0.29) is 24.4 Å². The largest absolute Gasteiger partial charge is 0.461 e. The second-order valence-electron chi connectivity index (χ2n) is 8.25. The first kappa shape index (κ1) is 20.9. The zero-order valence-electron chi connectivity index (χ0n) is 17.4. The van der Waals surface area contributed by atoms with Crippen molar-refractivity contribution in [2.45, 2.75) is 43.4 Å². The zero-order chi connectivity index (χ0) is 20.9. The van der Waals surface area contributed by atoms with Gasteiger partial charge in [-0.1, -0.05) is 55.3 Å². The van der Waals surface area contributed by atoms with Crippen LogP contribution in [0.3, 0.4) is 0 Å². The molecule has 30 heavy (non-hydrogen) atoms. The van der Waals surface area contributed by atoms with Gasteiger partial charge in [0.05, 0.1) is 5.92 Å². The number of carbonyl (C=O) groups is 2. The smallest absolute Gasteiger partial charge is 0.313 e. The van der Waals surface area contributed by atoms with E-state index in [1.54, 1.807) is 11.8 Å². The van der Waals surface area contributed by atoms with E-state index in [0.29, 0.717) is 11.7 Å². The van der Waals surface area contributed by atoms with Crippen LogP contribution in [0.1, 0.15) is 60.0 Å². The molecule has 1 heterocycles. The first-order chi connectivity index (χ1) is 14.6. The Balaban J connectivity index is 1.40. The highest BCUT2D eigenvalue weighted by Gasteiger charge is 2.35. The molecule has 0 saturated heterocycles. The summed E-state index contributed by atoms with van der Waals surface area (Å²) >= 11 is 1.78. The number of hydrogen-bond acceptors (Lipinski definition) is 4. The zero-order valence-corrected chi connectivity index (χ0v) is 18.2. The number of thioether (sulfide) groups is 1. The van der Waals surface area contributed by atoms with Crippen LogP contribution in [-0.2, 0) is 9.53 Å². The Morgan fingerprint density at radius 2 is 1.97 bits per heavy atom. The first-order valence-corrected chi connectivity index (χ1v) is 11.8. The summed E-state index contributed by atoms with van der Waals surface area (Å²) in [6, 6.07) is 15.8. The fourth-order valence-electron chi connectivity index (χ4n) is 4.42. The van der Waals surface area contributed by atoms with Crippen LogP contribution in [-0.4, -0.2) is 24.1 Å².